The number of rotatable bonds is 4. The van der Waals surface area contributed by atoms with E-state index >= 15 is 0 Å². The summed E-state index contributed by atoms with van der Waals surface area (Å²) in [5.74, 6) is 0.742. The lowest BCUT2D eigenvalue weighted by molar-refractivity contribution is -0.0690. The number of nitrogens with two attached hydrogens (primary N) is 1. The first kappa shape index (κ1) is 11.3. The topological polar surface area (TPSA) is 47.7 Å². The van der Waals surface area contributed by atoms with Crippen molar-refractivity contribution in [1.82, 2.24) is 4.90 Å². The van der Waals surface area contributed by atoms with Crippen LogP contribution in [0.5, 0.6) is 0 Å². The van der Waals surface area contributed by atoms with Crippen LogP contribution >= 0.6 is 0 Å². The molecule has 2 fully saturated rings. The van der Waals surface area contributed by atoms with Crippen LogP contribution in [0.25, 0.3) is 0 Å². The number of hydrogen-bond acceptors (Lipinski definition) is 4. The van der Waals surface area contributed by atoms with Gasteiger partial charge in [0.15, 0.2) is 6.29 Å². The summed E-state index contributed by atoms with van der Waals surface area (Å²) in [5.41, 5.74) is 5.53. The van der Waals surface area contributed by atoms with E-state index in [1.807, 2.05) is 0 Å². The fourth-order valence-corrected chi connectivity index (χ4v) is 2.42. The molecule has 2 aliphatic rings. The maximum absolute atomic E-state index is 5.68. The van der Waals surface area contributed by atoms with Crippen molar-refractivity contribution >= 4 is 0 Å². The van der Waals surface area contributed by atoms with Crippen LogP contribution in [-0.2, 0) is 9.47 Å². The van der Waals surface area contributed by atoms with Gasteiger partial charge in [-0.2, -0.15) is 0 Å². The highest BCUT2D eigenvalue weighted by atomic mass is 16.7. The summed E-state index contributed by atoms with van der Waals surface area (Å²) in [6.07, 6.45) is 2.44. The van der Waals surface area contributed by atoms with Gasteiger partial charge in [-0.15, -0.1) is 0 Å². The van der Waals surface area contributed by atoms with Crippen LogP contribution in [0.2, 0.25) is 0 Å². The average Bonchev–Trinajstić information content (AvgIpc) is 2.87. The molecule has 0 aromatic heterocycles. The van der Waals surface area contributed by atoms with Gasteiger partial charge in [-0.1, -0.05) is 6.92 Å². The van der Waals surface area contributed by atoms with E-state index in [2.05, 4.69) is 11.8 Å². The largest absolute Gasteiger partial charge is 0.350 e. The Bertz CT molecular complexity index is 181. The van der Waals surface area contributed by atoms with Gasteiger partial charge in [-0.05, 0) is 25.4 Å². The molecule has 2 aliphatic heterocycles. The second-order valence-corrected chi connectivity index (χ2v) is 4.54. The normalized spacial score (nSPS) is 37.6. The SMILES string of the molecule is CCN1CCC(CC2OCC(CN)O2)C1. The highest BCUT2D eigenvalue weighted by Crippen LogP contribution is 2.25. The fraction of sp³-hybridized carbons (Fsp3) is 1.00. The molecule has 0 aromatic rings. The summed E-state index contributed by atoms with van der Waals surface area (Å²) >= 11 is 0. The Morgan fingerprint density at radius 3 is 2.93 bits per heavy atom. The van der Waals surface area contributed by atoms with Gasteiger partial charge < -0.3 is 20.1 Å². The minimum Gasteiger partial charge on any atom is -0.350 e. The molecule has 4 nitrogen and oxygen atoms in total. The lowest BCUT2D eigenvalue weighted by Crippen LogP contribution is -2.24. The molecule has 0 aliphatic carbocycles. The number of ether oxygens (including phenoxy) is 2. The molecule has 88 valence electrons. The van der Waals surface area contributed by atoms with E-state index in [-0.39, 0.29) is 12.4 Å². The van der Waals surface area contributed by atoms with Crippen molar-refractivity contribution in [1.29, 1.82) is 0 Å². The molecule has 0 bridgehead atoms. The Balaban J connectivity index is 1.70. The molecule has 0 saturated carbocycles. The van der Waals surface area contributed by atoms with Gasteiger partial charge in [0.2, 0.25) is 0 Å². The van der Waals surface area contributed by atoms with Crippen LogP contribution in [0.15, 0.2) is 0 Å². The van der Waals surface area contributed by atoms with Gasteiger partial charge in [0, 0.05) is 19.5 Å². The maximum Gasteiger partial charge on any atom is 0.158 e. The Morgan fingerprint density at radius 2 is 2.33 bits per heavy atom. The van der Waals surface area contributed by atoms with Gasteiger partial charge >= 0.3 is 0 Å². The van der Waals surface area contributed by atoms with Gasteiger partial charge in [0.05, 0.1) is 12.7 Å². The van der Waals surface area contributed by atoms with Crippen molar-refractivity contribution in [3.8, 4) is 0 Å². The Hall–Kier alpha value is -0.160. The number of likely N-dealkylation sites (tertiary alicyclic amines) is 1. The maximum atomic E-state index is 5.68. The van der Waals surface area contributed by atoms with Crippen LogP contribution < -0.4 is 5.73 Å². The van der Waals surface area contributed by atoms with Crippen LogP contribution in [0.4, 0.5) is 0 Å². The van der Waals surface area contributed by atoms with Gasteiger partial charge in [0.1, 0.15) is 0 Å². The summed E-state index contributed by atoms with van der Waals surface area (Å²) in [6, 6.07) is 0. The van der Waals surface area contributed by atoms with Crippen LogP contribution in [0.1, 0.15) is 19.8 Å². The average molecular weight is 214 g/mol. The second kappa shape index (κ2) is 5.25. The van der Waals surface area contributed by atoms with E-state index in [4.69, 9.17) is 15.2 Å². The van der Waals surface area contributed by atoms with Gasteiger partial charge in [-0.3, -0.25) is 0 Å². The minimum atomic E-state index is 0.000330. The van der Waals surface area contributed by atoms with E-state index in [9.17, 15) is 0 Å². The summed E-state index contributed by atoms with van der Waals surface area (Å²) in [4.78, 5) is 2.49. The van der Waals surface area contributed by atoms with Gasteiger partial charge in [0.25, 0.3) is 0 Å². The third kappa shape index (κ3) is 2.91. The second-order valence-electron chi connectivity index (χ2n) is 4.54. The van der Waals surface area contributed by atoms with Crippen molar-refractivity contribution in [2.24, 2.45) is 11.7 Å². The zero-order valence-electron chi connectivity index (χ0n) is 9.52. The summed E-state index contributed by atoms with van der Waals surface area (Å²) in [6.45, 7) is 7.05. The summed E-state index contributed by atoms with van der Waals surface area (Å²) < 4.78 is 11.2. The zero-order chi connectivity index (χ0) is 10.7. The molecule has 15 heavy (non-hydrogen) atoms. The standard InChI is InChI=1S/C11H22N2O2/c1-2-13-4-3-9(7-13)5-11-14-8-10(6-12)15-11/h9-11H,2-8,12H2,1H3. The van der Waals surface area contributed by atoms with E-state index in [1.54, 1.807) is 0 Å². The van der Waals surface area contributed by atoms with Crippen molar-refractivity contribution in [3.63, 3.8) is 0 Å². The van der Waals surface area contributed by atoms with Gasteiger partial charge in [-0.25, -0.2) is 0 Å². The molecule has 2 heterocycles. The zero-order valence-corrected chi connectivity index (χ0v) is 9.52. The molecule has 0 aromatic carbocycles. The van der Waals surface area contributed by atoms with Crippen molar-refractivity contribution in [2.45, 2.75) is 32.2 Å². The number of nitrogens with zero attached hydrogens (tertiary/aromatic N) is 1. The van der Waals surface area contributed by atoms with Crippen molar-refractivity contribution in [2.75, 3.05) is 32.8 Å². The molecule has 0 amide bonds. The third-order valence-corrected chi connectivity index (χ3v) is 3.42. The first-order valence-corrected chi connectivity index (χ1v) is 6.01. The fourth-order valence-electron chi connectivity index (χ4n) is 2.42. The van der Waals surface area contributed by atoms with E-state index < -0.39 is 0 Å². The Kier molecular flexibility index (Phi) is 3.97. The Morgan fingerprint density at radius 1 is 1.47 bits per heavy atom. The highest BCUT2D eigenvalue weighted by molar-refractivity contribution is 4.77. The molecule has 0 radical (unpaired) electrons. The summed E-state index contributed by atoms with van der Waals surface area (Å²) in [7, 11) is 0. The predicted octanol–water partition coefficient (Wildman–Crippen LogP) is 0.419. The molecule has 3 unspecified atom stereocenters. The van der Waals surface area contributed by atoms with Crippen LogP contribution in [-0.4, -0.2) is 50.1 Å². The molecule has 2 N–H and O–H groups in total. The minimum absolute atomic E-state index is 0.000330. The van der Waals surface area contributed by atoms with E-state index in [0.29, 0.717) is 13.2 Å². The molecule has 2 rings (SSSR count). The first-order chi connectivity index (χ1) is 7.31. The molecular weight excluding hydrogens is 192 g/mol. The monoisotopic (exact) mass is 214 g/mol. The van der Waals surface area contributed by atoms with Crippen molar-refractivity contribution < 1.29 is 9.47 Å². The smallest absolute Gasteiger partial charge is 0.158 e. The van der Waals surface area contributed by atoms with Crippen LogP contribution in [0, 0.1) is 5.92 Å². The lowest BCUT2D eigenvalue weighted by Gasteiger charge is -2.16. The predicted molar refractivity (Wildman–Crippen MR) is 58.5 cm³/mol. The molecule has 2 saturated heterocycles. The molecular formula is C11H22N2O2. The lowest BCUT2D eigenvalue weighted by atomic mass is 10.1. The molecule has 3 atom stereocenters. The first-order valence-electron chi connectivity index (χ1n) is 6.01. The summed E-state index contributed by atoms with van der Waals surface area (Å²) in [5, 5.41) is 0. The highest BCUT2D eigenvalue weighted by Gasteiger charge is 2.30. The quantitative estimate of drug-likeness (QED) is 0.737. The van der Waals surface area contributed by atoms with Crippen LogP contribution in [0.3, 0.4) is 0 Å². The Labute approximate surface area is 91.7 Å². The number of hydrogen-bond donors (Lipinski definition) is 1. The molecule has 4 heteroatoms. The molecule has 0 spiro atoms. The van der Waals surface area contributed by atoms with Crippen molar-refractivity contribution in [3.05, 3.63) is 0 Å². The third-order valence-electron chi connectivity index (χ3n) is 3.42. The van der Waals surface area contributed by atoms with E-state index in [0.717, 1.165) is 18.9 Å². The van der Waals surface area contributed by atoms with E-state index in [1.165, 1.54) is 19.5 Å².